The molecule has 82 valence electrons. The van der Waals surface area contributed by atoms with Crippen LogP contribution in [0.15, 0.2) is 33.2 Å². The Hall–Kier alpha value is -1.29. The molecule has 0 bridgehead atoms. The van der Waals surface area contributed by atoms with Gasteiger partial charge in [-0.25, -0.2) is 0 Å². The number of nitrogens with one attached hydrogen (secondary N) is 1. The molecular formula is C12H10BrNO2. The first-order valence-electron chi connectivity index (χ1n) is 5.07. The van der Waals surface area contributed by atoms with Crippen LogP contribution in [0.4, 0.5) is 0 Å². The van der Waals surface area contributed by atoms with Crippen LogP contribution in [0, 0.1) is 0 Å². The summed E-state index contributed by atoms with van der Waals surface area (Å²) < 4.78 is 6.77. The highest BCUT2D eigenvalue weighted by molar-refractivity contribution is 9.10. The highest BCUT2D eigenvalue weighted by Crippen LogP contribution is 2.35. The molecule has 4 heteroatoms. The van der Waals surface area contributed by atoms with Gasteiger partial charge in [0.25, 0.3) is 0 Å². The Labute approximate surface area is 101 Å². The monoisotopic (exact) mass is 279 g/mol. The summed E-state index contributed by atoms with van der Waals surface area (Å²) in [4.78, 5) is 11.0. The van der Waals surface area contributed by atoms with Gasteiger partial charge in [-0.1, -0.05) is 15.9 Å². The minimum absolute atomic E-state index is 0.0733. The van der Waals surface area contributed by atoms with Gasteiger partial charge in [-0.15, -0.1) is 0 Å². The fraction of sp³-hybridized carbons (Fsp3) is 0.250. The average molecular weight is 280 g/mol. The lowest BCUT2D eigenvalue weighted by Crippen LogP contribution is -2.56. The highest BCUT2D eigenvalue weighted by Gasteiger charge is 2.42. The molecule has 1 aliphatic rings. The van der Waals surface area contributed by atoms with Gasteiger partial charge < -0.3 is 9.73 Å². The summed E-state index contributed by atoms with van der Waals surface area (Å²) in [5, 5.41) is 3.91. The number of furan rings is 1. The van der Waals surface area contributed by atoms with Gasteiger partial charge in [0.2, 0.25) is 5.91 Å². The summed E-state index contributed by atoms with van der Waals surface area (Å²) >= 11 is 3.42. The molecule has 1 amide bonds. The number of hydrogen-bond acceptors (Lipinski definition) is 2. The summed E-state index contributed by atoms with van der Waals surface area (Å²) in [5.41, 5.74) is 0.517. The lowest BCUT2D eigenvalue weighted by atomic mass is 9.87. The van der Waals surface area contributed by atoms with E-state index in [0.717, 1.165) is 21.2 Å². The first-order valence-corrected chi connectivity index (χ1v) is 5.87. The van der Waals surface area contributed by atoms with Crippen LogP contribution < -0.4 is 5.32 Å². The fourth-order valence-electron chi connectivity index (χ4n) is 2.05. The van der Waals surface area contributed by atoms with E-state index in [2.05, 4.69) is 21.2 Å². The van der Waals surface area contributed by atoms with Crippen LogP contribution in [0.25, 0.3) is 11.0 Å². The van der Waals surface area contributed by atoms with E-state index in [1.807, 2.05) is 31.2 Å². The second-order valence-electron chi connectivity index (χ2n) is 4.35. The topological polar surface area (TPSA) is 42.2 Å². The molecule has 0 radical (unpaired) electrons. The largest absolute Gasteiger partial charge is 0.459 e. The van der Waals surface area contributed by atoms with E-state index >= 15 is 0 Å². The maximum absolute atomic E-state index is 11.0. The Kier molecular flexibility index (Phi) is 1.92. The lowest BCUT2D eigenvalue weighted by Gasteiger charge is -2.36. The quantitative estimate of drug-likeness (QED) is 0.816. The SMILES string of the molecule is CC1(c2cc3cc(Br)ccc3o2)CC(=O)N1. The van der Waals surface area contributed by atoms with Crippen LogP contribution in [-0.4, -0.2) is 5.91 Å². The third-order valence-corrected chi connectivity index (χ3v) is 3.44. The van der Waals surface area contributed by atoms with Crippen molar-refractivity contribution >= 4 is 32.8 Å². The molecule has 1 aromatic heterocycles. The minimum atomic E-state index is -0.331. The molecular weight excluding hydrogens is 270 g/mol. The normalized spacial score (nSPS) is 24.2. The van der Waals surface area contributed by atoms with Crippen molar-refractivity contribution in [1.82, 2.24) is 5.32 Å². The van der Waals surface area contributed by atoms with Crippen molar-refractivity contribution in [1.29, 1.82) is 0 Å². The van der Waals surface area contributed by atoms with Crippen molar-refractivity contribution in [2.24, 2.45) is 0 Å². The molecule has 1 unspecified atom stereocenters. The third kappa shape index (κ3) is 1.37. The molecule has 1 aliphatic heterocycles. The molecule has 1 atom stereocenters. The summed E-state index contributed by atoms with van der Waals surface area (Å²) in [6, 6.07) is 7.86. The van der Waals surface area contributed by atoms with E-state index in [1.54, 1.807) is 0 Å². The number of amides is 1. The Balaban J connectivity index is 2.09. The van der Waals surface area contributed by atoms with Gasteiger partial charge in [-0.05, 0) is 31.2 Å². The molecule has 16 heavy (non-hydrogen) atoms. The van der Waals surface area contributed by atoms with Crippen molar-refractivity contribution in [3.05, 3.63) is 34.5 Å². The predicted molar refractivity (Wildman–Crippen MR) is 64.0 cm³/mol. The molecule has 2 heterocycles. The molecule has 1 aromatic carbocycles. The number of β-lactam (4-membered cyclic amide) rings is 1. The van der Waals surface area contributed by atoms with Crippen LogP contribution in [-0.2, 0) is 10.3 Å². The lowest BCUT2D eigenvalue weighted by molar-refractivity contribution is -0.133. The smallest absolute Gasteiger partial charge is 0.223 e. The molecule has 1 fully saturated rings. The predicted octanol–water partition coefficient (Wildman–Crippen LogP) is 2.93. The summed E-state index contributed by atoms with van der Waals surface area (Å²) in [5.74, 6) is 0.893. The highest BCUT2D eigenvalue weighted by atomic mass is 79.9. The first kappa shape index (κ1) is 9.90. The van der Waals surface area contributed by atoms with Crippen LogP contribution in [0.2, 0.25) is 0 Å². The molecule has 1 N–H and O–H groups in total. The van der Waals surface area contributed by atoms with Gasteiger partial charge in [0.05, 0.1) is 6.42 Å². The van der Waals surface area contributed by atoms with E-state index in [0.29, 0.717) is 6.42 Å². The molecule has 1 saturated heterocycles. The van der Waals surface area contributed by atoms with Crippen LogP contribution >= 0.6 is 15.9 Å². The van der Waals surface area contributed by atoms with E-state index in [4.69, 9.17) is 4.42 Å². The average Bonchev–Trinajstić information content (AvgIpc) is 2.58. The van der Waals surface area contributed by atoms with E-state index in [1.165, 1.54) is 0 Å². The van der Waals surface area contributed by atoms with Crippen LogP contribution in [0.5, 0.6) is 0 Å². The Morgan fingerprint density at radius 1 is 1.44 bits per heavy atom. The number of halogens is 1. The Bertz CT molecular complexity index is 580. The summed E-state index contributed by atoms with van der Waals surface area (Å²) in [7, 11) is 0. The second-order valence-corrected chi connectivity index (χ2v) is 5.27. The van der Waals surface area contributed by atoms with Crippen molar-refractivity contribution in [2.45, 2.75) is 18.9 Å². The number of rotatable bonds is 1. The number of fused-ring (bicyclic) bond motifs is 1. The minimum Gasteiger partial charge on any atom is -0.459 e. The zero-order valence-electron chi connectivity index (χ0n) is 8.71. The van der Waals surface area contributed by atoms with E-state index < -0.39 is 0 Å². The second kappa shape index (κ2) is 3.10. The zero-order valence-corrected chi connectivity index (χ0v) is 10.3. The first-order chi connectivity index (χ1) is 7.57. The maximum atomic E-state index is 11.0. The molecule has 3 nitrogen and oxygen atoms in total. The van der Waals surface area contributed by atoms with E-state index in [-0.39, 0.29) is 11.4 Å². The number of hydrogen-bond donors (Lipinski definition) is 1. The van der Waals surface area contributed by atoms with Gasteiger partial charge in [0, 0.05) is 9.86 Å². The maximum Gasteiger partial charge on any atom is 0.223 e. The number of carbonyl (C=O) groups excluding carboxylic acids is 1. The zero-order chi connectivity index (χ0) is 11.3. The standard InChI is InChI=1S/C12H10BrNO2/c1-12(6-11(15)14-12)10-5-7-4-8(13)2-3-9(7)16-10/h2-5H,6H2,1H3,(H,14,15). The van der Waals surface area contributed by atoms with Crippen LogP contribution in [0.3, 0.4) is 0 Å². The Morgan fingerprint density at radius 2 is 2.19 bits per heavy atom. The molecule has 0 spiro atoms. The van der Waals surface area contributed by atoms with Crippen molar-refractivity contribution < 1.29 is 9.21 Å². The molecule has 2 aromatic rings. The van der Waals surface area contributed by atoms with E-state index in [9.17, 15) is 4.79 Å². The molecule has 0 aliphatic carbocycles. The van der Waals surface area contributed by atoms with Gasteiger partial charge in [-0.3, -0.25) is 4.79 Å². The Morgan fingerprint density at radius 3 is 2.88 bits per heavy atom. The summed E-state index contributed by atoms with van der Waals surface area (Å²) in [6.45, 7) is 1.97. The molecule has 0 saturated carbocycles. The van der Waals surface area contributed by atoms with Crippen molar-refractivity contribution in [3.8, 4) is 0 Å². The fourth-order valence-corrected chi connectivity index (χ4v) is 2.42. The number of benzene rings is 1. The van der Waals surface area contributed by atoms with Gasteiger partial charge in [-0.2, -0.15) is 0 Å². The third-order valence-electron chi connectivity index (χ3n) is 2.95. The van der Waals surface area contributed by atoms with Gasteiger partial charge in [0.15, 0.2) is 0 Å². The van der Waals surface area contributed by atoms with Crippen molar-refractivity contribution in [2.75, 3.05) is 0 Å². The van der Waals surface area contributed by atoms with Gasteiger partial charge >= 0.3 is 0 Å². The van der Waals surface area contributed by atoms with Crippen LogP contribution in [0.1, 0.15) is 19.1 Å². The number of carbonyl (C=O) groups is 1. The molecule has 3 rings (SSSR count). The summed E-state index contributed by atoms with van der Waals surface area (Å²) in [6.07, 6.45) is 0.494. The van der Waals surface area contributed by atoms with Crippen molar-refractivity contribution in [3.63, 3.8) is 0 Å². The van der Waals surface area contributed by atoms with Gasteiger partial charge in [0.1, 0.15) is 16.9 Å².